The molecule has 8 nitrogen and oxygen atoms in total. The van der Waals surface area contributed by atoms with Crippen LogP contribution in [0.4, 0.5) is 16.0 Å². The number of hydrogen-bond donors (Lipinski definition) is 1. The van der Waals surface area contributed by atoms with Crippen LogP contribution in [0, 0.1) is 15.9 Å². The third kappa shape index (κ3) is 3.14. The van der Waals surface area contributed by atoms with Gasteiger partial charge in [-0.25, -0.2) is 4.98 Å². The van der Waals surface area contributed by atoms with Crippen molar-refractivity contribution >= 4 is 11.6 Å². The Labute approximate surface area is 118 Å². The number of anilines is 1. The van der Waals surface area contributed by atoms with Gasteiger partial charge in [0, 0.05) is 7.05 Å². The molecule has 0 atom stereocenters. The zero-order valence-corrected chi connectivity index (χ0v) is 11.2. The maximum atomic E-state index is 13.6. The molecule has 1 heterocycles. The average molecular weight is 294 g/mol. The Hall–Kier alpha value is -2.97. The Kier molecular flexibility index (Phi) is 4.12. The molecular formula is C12H11FN4O4. The number of nitrogens with zero attached hydrogens (tertiary/aromatic N) is 3. The van der Waals surface area contributed by atoms with Crippen LogP contribution in [0.5, 0.6) is 17.4 Å². The Morgan fingerprint density at radius 2 is 2.19 bits per heavy atom. The van der Waals surface area contributed by atoms with Crippen molar-refractivity contribution in [1.29, 1.82) is 0 Å². The van der Waals surface area contributed by atoms with Crippen molar-refractivity contribution < 1.29 is 18.8 Å². The second kappa shape index (κ2) is 5.99. The van der Waals surface area contributed by atoms with Crippen LogP contribution in [-0.4, -0.2) is 29.0 Å². The van der Waals surface area contributed by atoms with Crippen LogP contribution >= 0.6 is 0 Å². The second-order valence-corrected chi connectivity index (χ2v) is 3.79. The van der Waals surface area contributed by atoms with E-state index in [0.29, 0.717) is 0 Å². The summed E-state index contributed by atoms with van der Waals surface area (Å²) >= 11 is 0. The quantitative estimate of drug-likeness (QED) is 0.667. The zero-order chi connectivity index (χ0) is 15.4. The molecule has 0 amide bonds. The van der Waals surface area contributed by atoms with Crippen LogP contribution in [0.25, 0.3) is 0 Å². The molecule has 0 aliphatic carbocycles. The van der Waals surface area contributed by atoms with Crippen LogP contribution in [0.15, 0.2) is 24.4 Å². The highest BCUT2D eigenvalue weighted by Crippen LogP contribution is 2.33. The summed E-state index contributed by atoms with van der Waals surface area (Å²) in [6.45, 7) is 0. The lowest BCUT2D eigenvalue weighted by atomic mass is 10.3. The van der Waals surface area contributed by atoms with Gasteiger partial charge in [0.05, 0.1) is 24.3 Å². The van der Waals surface area contributed by atoms with E-state index in [-0.39, 0.29) is 29.0 Å². The monoisotopic (exact) mass is 294 g/mol. The first kappa shape index (κ1) is 14.4. The molecule has 2 aromatic rings. The van der Waals surface area contributed by atoms with Crippen molar-refractivity contribution in [3.05, 3.63) is 40.3 Å². The third-order valence-corrected chi connectivity index (χ3v) is 2.50. The zero-order valence-electron chi connectivity index (χ0n) is 11.2. The molecule has 1 aromatic heterocycles. The van der Waals surface area contributed by atoms with Crippen molar-refractivity contribution in [2.24, 2.45) is 0 Å². The summed E-state index contributed by atoms with van der Waals surface area (Å²) < 4.78 is 23.6. The summed E-state index contributed by atoms with van der Waals surface area (Å²) in [6.07, 6.45) is 0.937. The van der Waals surface area contributed by atoms with Gasteiger partial charge in [-0.1, -0.05) is 0 Å². The van der Waals surface area contributed by atoms with Gasteiger partial charge in [0.2, 0.25) is 11.8 Å². The van der Waals surface area contributed by atoms with Gasteiger partial charge in [0.25, 0.3) is 5.88 Å². The number of halogens is 1. The van der Waals surface area contributed by atoms with E-state index >= 15 is 0 Å². The maximum absolute atomic E-state index is 13.6. The van der Waals surface area contributed by atoms with Gasteiger partial charge < -0.3 is 14.8 Å². The lowest BCUT2D eigenvalue weighted by Crippen LogP contribution is -2.00. The molecule has 0 aliphatic rings. The predicted octanol–water partition coefficient (Wildman–Crippen LogP) is 2.37. The number of rotatable bonds is 5. The lowest BCUT2D eigenvalue weighted by Gasteiger charge is -2.08. The van der Waals surface area contributed by atoms with Gasteiger partial charge in [-0.05, 0) is 12.1 Å². The molecule has 0 spiro atoms. The molecule has 0 saturated carbocycles. The predicted molar refractivity (Wildman–Crippen MR) is 71.3 cm³/mol. The first-order valence-corrected chi connectivity index (χ1v) is 5.75. The molecule has 110 valence electrons. The minimum absolute atomic E-state index is 0.0575. The number of aromatic nitrogens is 2. The van der Waals surface area contributed by atoms with E-state index in [2.05, 4.69) is 15.3 Å². The number of nitro benzene ring substituents is 1. The fourth-order valence-electron chi connectivity index (χ4n) is 1.53. The largest absolute Gasteiger partial charge is 0.490 e. The summed E-state index contributed by atoms with van der Waals surface area (Å²) in [5.74, 6) is -0.829. The Balaban J connectivity index is 2.36. The summed E-state index contributed by atoms with van der Waals surface area (Å²) in [4.78, 5) is 17.7. The molecule has 0 bridgehead atoms. The van der Waals surface area contributed by atoms with Crippen molar-refractivity contribution in [3.8, 4) is 17.4 Å². The Bertz CT molecular complexity index is 680. The van der Waals surface area contributed by atoms with E-state index in [9.17, 15) is 14.5 Å². The van der Waals surface area contributed by atoms with E-state index in [1.807, 2.05) is 0 Å². The van der Waals surface area contributed by atoms with Gasteiger partial charge in [-0.3, -0.25) is 10.1 Å². The molecule has 1 N–H and O–H groups in total. The molecule has 2 rings (SSSR count). The number of ether oxygens (including phenoxy) is 2. The van der Waals surface area contributed by atoms with Gasteiger partial charge in [0.1, 0.15) is 5.75 Å². The molecular weight excluding hydrogens is 283 g/mol. The van der Waals surface area contributed by atoms with Crippen molar-refractivity contribution in [1.82, 2.24) is 9.97 Å². The van der Waals surface area contributed by atoms with Crippen LogP contribution in [0.3, 0.4) is 0 Å². The smallest absolute Gasteiger partial charge is 0.314 e. The highest BCUT2D eigenvalue weighted by atomic mass is 19.1. The highest BCUT2D eigenvalue weighted by molar-refractivity contribution is 5.51. The standard InChI is InChI=1S/C12H11FN4O4/c1-14-12-15-6-8(13)11(16-12)21-7-3-4-10(20-2)9(5-7)17(18)19/h3-6H,1-2H3,(H,14,15,16). The van der Waals surface area contributed by atoms with Crippen LogP contribution < -0.4 is 14.8 Å². The molecule has 21 heavy (non-hydrogen) atoms. The molecule has 0 aliphatic heterocycles. The number of hydrogen-bond acceptors (Lipinski definition) is 7. The fourth-order valence-corrected chi connectivity index (χ4v) is 1.53. The first-order valence-electron chi connectivity index (χ1n) is 5.75. The minimum atomic E-state index is -0.785. The van der Waals surface area contributed by atoms with E-state index in [1.54, 1.807) is 7.05 Å². The molecule has 0 unspecified atom stereocenters. The normalized spacial score (nSPS) is 10.0. The van der Waals surface area contributed by atoms with Crippen LogP contribution in [0.1, 0.15) is 0 Å². The summed E-state index contributed by atoms with van der Waals surface area (Å²) in [7, 11) is 2.88. The summed E-state index contributed by atoms with van der Waals surface area (Å²) in [5.41, 5.74) is -0.293. The Morgan fingerprint density at radius 1 is 1.43 bits per heavy atom. The second-order valence-electron chi connectivity index (χ2n) is 3.79. The van der Waals surface area contributed by atoms with Gasteiger partial charge in [-0.15, -0.1) is 0 Å². The van der Waals surface area contributed by atoms with Gasteiger partial charge in [-0.2, -0.15) is 9.37 Å². The highest BCUT2D eigenvalue weighted by Gasteiger charge is 2.17. The van der Waals surface area contributed by atoms with E-state index < -0.39 is 10.7 Å². The topological polar surface area (TPSA) is 99.4 Å². The van der Waals surface area contributed by atoms with Gasteiger partial charge in [0.15, 0.2) is 5.75 Å². The van der Waals surface area contributed by atoms with E-state index in [0.717, 1.165) is 12.3 Å². The Morgan fingerprint density at radius 3 is 2.81 bits per heavy atom. The molecule has 0 saturated heterocycles. The SMILES string of the molecule is CNc1ncc(F)c(Oc2ccc(OC)c([N+](=O)[O-])c2)n1. The number of nitro groups is 1. The van der Waals surface area contributed by atoms with Crippen LogP contribution in [-0.2, 0) is 0 Å². The number of benzene rings is 1. The first-order chi connectivity index (χ1) is 10.0. The number of methoxy groups -OCH3 is 1. The van der Waals surface area contributed by atoms with E-state index in [1.165, 1.54) is 19.2 Å². The third-order valence-electron chi connectivity index (χ3n) is 2.50. The van der Waals surface area contributed by atoms with Crippen molar-refractivity contribution in [2.75, 3.05) is 19.5 Å². The van der Waals surface area contributed by atoms with Crippen LogP contribution in [0.2, 0.25) is 0 Å². The maximum Gasteiger partial charge on any atom is 0.314 e. The summed E-state index contributed by atoms with van der Waals surface area (Å²) in [5, 5.41) is 13.5. The minimum Gasteiger partial charge on any atom is -0.490 e. The fraction of sp³-hybridized carbons (Fsp3) is 0.167. The van der Waals surface area contributed by atoms with Crippen molar-refractivity contribution in [2.45, 2.75) is 0 Å². The molecule has 1 aromatic carbocycles. The molecule has 9 heteroatoms. The lowest BCUT2D eigenvalue weighted by molar-refractivity contribution is -0.385. The summed E-state index contributed by atoms with van der Waals surface area (Å²) in [6, 6.07) is 3.89. The molecule has 0 radical (unpaired) electrons. The van der Waals surface area contributed by atoms with Gasteiger partial charge >= 0.3 is 5.69 Å². The molecule has 0 fully saturated rings. The average Bonchev–Trinajstić information content (AvgIpc) is 2.49. The van der Waals surface area contributed by atoms with Crippen molar-refractivity contribution in [3.63, 3.8) is 0 Å². The number of nitrogens with one attached hydrogen (secondary N) is 1. The van der Waals surface area contributed by atoms with E-state index in [4.69, 9.17) is 9.47 Å².